The van der Waals surface area contributed by atoms with Crippen molar-refractivity contribution in [1.82, 2.24) is 10.2 Å². The van der Waals surface area contributed by atoms with Gasteiger partial charge in [-0.25, -0.2) is 0 Å². The molecule has 4 heteroatoms. The molecule has 15 heavy (non-hydrogen) atoms. The van der Waals surface area contributed by atoms with Crippen LogP contribution >= 0.6 is 11.8 Å². The summed E-state index contributed by atoms with van der Waals surface area (Å²) in [5.74, 6) is 3.10. The number of hydrogen-bond donors (Lipinski definition) is 1. The van der Waals surface area contributed by atoms with Crippen LogP contribution in [0.5, 0.6) is 0 Å². The fraction of sp³-hybridized carbons (Fsp3) is 0.909. The molecular formula is C11H20N2OS. The van der Waals surface area contributed by atoms with Crippen molar-refractivity contribution in [2.45, 2.75) is 45.4 Å². The van der Waals surface area contributed by atoms with Crippen molar-refractivity contribution >= 4 is 17.7 Å². The van der Waals surface area contributed by atoms with Crippen LogP contribution in [-0.4, -0.2) is 40.6 Å². The highest BCUT2D eigenvalue weighted by molar-refractivity contribution is 7.99. The van der Waals surface area contributed by atoms with Crippen LogP contribution in [0.15, 0.2) is 0 Å². The molecular weight excluding hydrogens is 208 g/mol. The Balaban J connectivity index is 2.14. The Morgan fingerprint density at radius 3 is 2.80 bits per heavy atom. The Kier molecular flexibility index (Phi) is 3.26. The average Bonchev–Trinajstić information content (AvgIpc) is 2.76. The number of hydrogen-bond acceptors (Lipinski definition) is 3. The van der Waals surface area contributed by atoms with Gasteiger partial charge in [-0.3, -0.25) is 10.1 Å². The van der Waals surface area contributed by atoms with Crippen LogP contribution in [0.1, 0.15) is 27.2 Å². The smallest absolute Gasteiger partial charge is 0.241 e. The second-order valence-electron chi connectivity index (χ2n) is 4.84. The van der Waals surface area contributed by atoms with E-state index >= 15 is 0 Å². The minimum Gasteiger partial charge on any atom is -0.322 e. The predicted molar refractivity (Wildman–Crippen MR) is 63.8 cm³/mol. The molecule has 0 aromatic heterocycles. The van der Waals surface area contributed by atoms with Crippen molar-refractivity contribution in [1.29, 1.82) is 0 Å². The quantitative estimate of drug-likeness (QED) is 0.773. The van der Waals surface area contributed by atoms with Gasteiger partial charge in [0.2, 0.25) is 5.91 Å². The summed E-state index contributed by atoms with van der Waals surface area (Å²) < 4.78 is 0. The Morgan fingerprint density at radius 1 is 1.53 bits per heavy atom. The minimum absolute atomic E-state index is 0.00278. The van der Waals surface area contributed by atoms with E-state index < -0.39 is 0 Å². The number of nitrogens with zero attached hydrogens (tertiary/aromatic N) is 1. The molecule has 86 valence electrons. The second-order valence-corrected chi connectivity index (χ2v) is 5.99. The minimum atomic E-state index is 0.00278. The van der Waals surface area contributed by atoms with E-state index in [9.17, 15) is 4.79 Å². The van der Waals surface area contributed by atoms with Crippen molar-refractivity contribution in [3.63, 3.8) is 0 Å². The molecule has 0 spiro atoms. The first-order valence-corrected chi connectivity index (χ1v) is 6.92. The average molecular weight is 228 g/mol. The zero-order chi connectivity index (χ0) is 11.0. The van der Waals surface area contributed by atoms with Crippen LogP contribution in [0, 0.1) is 5.92 Å². The number of nitrogens with one attached hydrogen (secondary N) is 1. The summed E-state index contributed by atoms with van der Waals surface area (Å²) in [7, 11) is 0. The highest BCUT2D eigenvalue weighted by atomic mass is 32.2. The van der Waals surface area contributed by atoms with E-state index in [2.05, 4.69) is 24.1 Å². The van der Waals surface area contributed by atoms with Gasteiger partial charge in [0.25, 0.3) is 0 Å². The Hall–Kier alpha value is -0.220. The largest absolute Gasteiger partial charge is 0.322 e. The summed E-state index contributed by atoms with van der Waals surface area (Å²) in [6, 6.07) is 0.468. The lowest BCUT2D eigenvalue weighted by molar-refractivity contribution is -0.132. The van der Waals surface area contributed by atoms with Crippen LogP contribution in [-0.2, 0) is 4.79 Å². The molecule has 2 aliphatic heterocycles. The van der Waals surface area contributed by atoms with E-state index in [1.807, 2.05) is 18.7 Å². The van der Waals surface area contributed by atoms with Gasteiger partial charge in [-0.2, -0.15) is 11.8 Å². The first-order valence-electron chi connectivity index (χ1n) is 5.77. The fourth-order valence-electron chi connectivity index (χ4n) is 2.43. The van der Waals surface area contributed by atoms with E-state index in [-0.39, 0.29) is 12.2 Å². The van der Waals surface area contributed by atoms with Gasteiger partial charge in [0.15, 0.2) is 0 Å². The van der Waals surface area contributed by atoms with Crippen molar-refractivity contribution in [2.75, 3.05) is 11.5 Å². The fourth-order valence-corrected chi connectivity index (χ4v) is 3.64. The molecule has 0 saturated carbocycles. The molecule has 0 aromatic carbocycles. The topological polar surface area (TPSA) is 32.3 Å². The Labute approximate surface area is 96.0 Å². The number of rotatable bonds is 2. The van der Waals surface area contributed by atoms with E-state index in [0.717, 1.165) is 12.2 Å². The van der Waals surface area contributed by atoms with Gasteiger partial charge in [-0.1, -0.05) is 13.8 Å². The maximum Gasteiger partial charge on any atom is 0.241 e. The molecule has 3 atom stereocenters. The summed E-state index contributed by atoms with van der Waals surface area (Å²) in [5.41, 5.74) is 0. The van der Waals surface area contributed by atoms with E-state index in [0.29, 0.717) is 17.9 Å². The summed E-state index contributed by atoms with van der Waals surface area (Å²) in [6.45, 7) is 6.33. The number of carbonyl (C=O) groups excluding carboxylic acids is 1. The molecule has 3 nitrogen and oxygen atoms in total. The van der Waals surface area contributed by atoms with Crippen molar-refractivity contribution in [3.05, 3.63) is 0 Å². The van der Waals surface area contributed by atoms with E-state index in [1.54, 1.807) is 0 Å². The van der Waals surface area contributed by atoms with Crippen LogP contribution in [0.2, 0.25) is 0 Å². The van der Waals surface area contributed by atoms with E-state index in [1.165, 1.54) is 5.75 Å². The zero-order valence-electron chi connectivity index (χ0n) is 9.69. The standard InChI is InChI=1S/C11H20N2OS/c1-7(2)10-12-8(3)11(14)13(10)9-4-5-15-6-9/h7-10,12H,4-6H2,1-3H3. The molecule has 0 bridgehead atoms. The predicted octanol–water partition coefficient (Wildman–Crippen LogP) is 1.29. The summed E-state index contributed by atoms with van der Waals surface area (Å²) >= 11 is 1.96. The highest BCUT2D eigenvalue weighted by Gasteiger charge is 2.42. The molecule has 0 aromatic rings. The van der Waals surface area contributed by atoms with E-state index in [4.69, 9.17) is 0 Å². The third-order valence-corrected chi connectivity index (χ3v) is 4.42. The van der Waals surface area contributed by atoms with Gasteiger partial charge in [-0.15, -0.1) is 0 Å². The lowest BCUT2D eigenvalue weighted by atomic mass is 10.1. The van der Waals surface area contributed by atoms with Crippen molar-refractivity contribution in [3.8, 4) is 0 Å². The van der Waals surface area contributed by atoms with Gasteiger partial charge in [-0.05, 0) is 25.0 Å². The normalized spacial score (nSPS) is 36.9. The van der Waals surface area contributed by atoms with Crippen molar-refractivity contribution < 1.29 is 4.79 Å². The third-order valence-electron chi connectivity index (χ3n) is 3.28. The summed E-state index contributed by atoms with van der Waals surface area (Å²) in [4.78, 5) is 14.2. The lowest BCUT2D eigenvalue weighted by Crippen LogP contribution is -2.47. The maximum absolute atomic E-state index is 12.1. The molecule has 1 amide bonds. The number of carbonyl (C=O) groups is 1. The molecule has 3 unspecified atom stereocenters. The van der Waals surface area contributed by atoms with Gasteiger partial charge in [0.05, 0.1) is 12.2 Å². The Morgan fingerprint density at radius 2 is 2.27 bits per heavy atom. The van der Waals surface area contributed by atoms with Crippen molar-refractivity contribution in [2.24, 2.45) is 5.92 Å². The number of amides is 1. The first-order chi connectivity index (χ1) is 7.11. The summed E-state index contributed by atoms with van der Waals surface area (Å²) in [5, 5.41) is 3.40. The molecule has 0 aliphatic carbocycles. The SMILES string of the molecule is CC1NC(C(C)C)N(C2CCSC2)C1=O. The van der Waals surface area contributed by atoms with Crippen LogP contribution in [0.4, 0.5) is 0 Å². The van der Waals surface area contributed by atoms with Crippen LogP contribution in [0.25, 0.3) is 0 Å². The number of thioether (sulfide) groups is 1. The lowest BCUT2D eigenvalue weighted by Gasteiger charge is -2.32. The Bertz CT molecular complexity index is 251. The zero-order valence-corrected chi connectivity index (χ0v) is 10.5. The van der Waals surface area contributed by atoms with Crippen LogP contribution < -0.4 is 5.32 Å². The molecule has 2 heterocycles. The molecule has 2 fully saturated rings. The molecule has 2 rings (SSSR count). The molecule has 2 aliphatic rings. The molecule has 0 radical (unpaired) electrons. The van der Waals surface area contributed by atoms with Crippen LogP contribution in [0.3, 0.4) is 0 Å². The maximum atomic E-state index is 12.1. The molecule has 2 saturated heterocycles. The second kappa shape index (κ2) is 4.34. The third kappa shape index (κ3) is 2.02. The van der Waals surface area contributed by atoms with Gasteiger partial charge in [0.1, 0.15) is 0 Å². The highest BCUT2D eigenvalue weighted by Crippen LogP contribution is 2.28. The van der Waals surface area contributed by atoms with Gasteiger partial charge >= 0.3 is 0 Å². The monoisotopic (exact) mass is 228 g/mol. The van der Waals surface area contributed by atoms with Gasteiger partial charge < -0.3 is 4.90 Å². The molecule has 1 N–H and O–H groups in total. The first kappa shape index (κ1) is 11.3. The van der Waals surface area contributed by atoms with Gasteiger partial charge in [0, 0.05) is 11.8 Å². The summed E-state index contributed by atoms with van der Waals surface area (Å²) in [6.07, 6.45) is 1.41.